The third-order valence-corrected chi connectivity index (χ3v) is 3.49. The molecular formula is C15H22N2O3. The Kier molecular flexibility index (Phi) is 4.49. The summed E-state index contributed by atoms with van der Waals surface area (Å²) in [7, 11) is 0. The van der Waals surface area contributed by atoms with Gasteiger partial charge in [-0.15, -0.1) is 0 Å². The number of aliphatic hydroxyl groups is 1. The highest BCUT2D eigenvalue weighted by atomic mass is 16.5. The number of ether oxygens (including phenoxy) is 1. The van der Waals surface area contributed by atoms with E-state index in [1.807, 2.05) is 6.92 Å². The van der Waals surface area contributed by atoms with E-state index in [9.17, 15) is 9.90 Å². The van der Waals surface area contributed by atoms with Gasteiger partial charge in [0.05, 0.1) is 12.2 Å². The average Bonchev–Trinajstić information content (AvgIpc) is 3.24. The highest BCUT2D eigenvalue weighted by Gasteiger charge is 2.39. The maximum Gasteiger partial charge on any atom is 0.319 e. The molecule has 1 aliphatic carbocycles. The van der Waals surface area contributed by atoms with Crippen molar-refractivity contribution in [3.63, 3.8) is 0 Å². The van der Waals surface area contributed by atoms with Gasteiger partial charge in [-0.1, -0.05) is 0 Å². The molecule has 2 rings (SSSR count). The van der Waals surface area contributed by atoms with E-state index < -0.39 is 5.60 Å². The van der Waals surface area contributed by atoms with Crippen LogP contribution in [0.3, 0.4) is 0 Å². The summed E-state index contributed by atoms with van der Waals surface area (Å²) in [5.41, 5.74) is -0.118. The first-order chi connectivity index (χ1) is 9.51. The van der Waals surface area contributed by atoms with Gasteiger partial charge >= 0.3 is 6.03 Å². The van der Waals surface area contributed by atoms with Gasteiger partial charge in [-0.25, -0.2) is 4.79 Å². The van der Waals surface area contributed by atoms with Crippen LogP contribution in [0.15, 0.2) is 24.3 Å². The number of urea groups is 1. The lowest BCUT2D eigenvalue weighted by Crippen LogP contribution is -2.43. The number of anilines is 1. The van der Waals surface area contributed by atoms with Gasteiger partial charge in [0.25, 0.3) is 0 Å². The molecule has 0 unspecified atom stereocenters. The zero-order chi connectivity index (χ0) is 14.6. The predicted octanol–water partition coefficient (Wildman–Crippen LogP) is 2.37. The normalized spacial score (nSPS) is 17.1. The minimum Gasteiger partial charge on any atom is -0.494 e. The molecule has 0 saturated heterocycles. The van der Waals surface area contributed by atoms with E-state index in [0.29, 0.717) is 18.2 Å². The van der Waals surface area contributed by atoms with Crippen molar-refractivity contribution in [3.8, 4) is 5.75 Å². The molecule has 0 radical (unpaired) electrons. The molecule has 1 saturated carbocycles. The Morgan fingerprint density at radius 3 is 2.60 bits per heavy atom. The lowest BCUT2D eigenvalue weighted by Gasteiger charge is -2.23. The second-order valence-corrected chi connectivity index (χ2v) is 5.40. The van der Waals surface area contributed by atoms with Gasteiger partial charge in [0.1, 0.15) is 5.75 Å². The van der Waals surface area contributed by atoms with Crippen LogP contribution in [0.4, 0.5) is 10.5 Å². The standard InChI is InChI=1S/C15H22N2O3/c1-3-20-13-8-6-12(7-9-13)17-14(18)16-10-15(2,19)11-4-5-11/h6-9,11,19H,3-5,10H2,1-2H3,(H2,16,17,18)/t15-/m1/s1. The minimum atomic E-state index is -0.809. The van der Waals surface area contributed by atoms with Crippen LogP contribution < -0.4 is 15.4 Å². The van der Waals surface area contributed by atoms with Crippen molar-refractivity contribution in [1.29, 1.82) is 0 Å². The lowest BCUT2D eigenvalue weighted by molar-refractivity contribution is 0.0398. The molecule has 2 amide bonds. The average molecular weight is 278 g/mol. The Labute approximate surface area is 119 Å². The zero-order valence-electron chi connectivity index (χ0n) is 12.0. The van der Waals surface area contributed by atoms with Crippen LogP contribution in [-0.2, 0) is 0 Å². The number of nitrogens with one attached hydrogen (secondary N) is 2. The predicted molar refractivity (Wildman–Crippen MR) is 78.0 cm³/mol. The quantitative estimate of drug-likeness (QED) is 0.748. The molecule has 0 heterocycles. The van der Waals surface area contributed by atoms with Gasteiger partial charge in [-0.3, -0.25) is 0 Å². The summed E-state index contributed by atoms with van der Waals surface area (Å²) in [6.45, 7) is 4.57. The molecular weight excluding hydrogens is 256 g/mol. The van der Waals surface area contributed by atoms with Crippen LogP contribution in [-0.4, -0.2) is 29.9 Å². The maximum absolute atomic E-state index is 11.7. The number of rotatable bonds is 6. The van der Waals surface area contributed by atoms with Crippen molar-refractivity contribution in [2.45, 2.75) is 32.3 Å². The van der Waals surface area contributed by atoms with E-state index >= 15 is 0 Å². The number of benzene rings is 1. The first-order valence-corrected chi connectivity index (χ1v) is 7.01. The molecule has 3 N–H and O–H groups in total. The fraction of sp³-hybridized carbons (Fsp3) is 0.533. The van der Waals surface area contributed by atoms with Gasteiger partial charge in [0.2, 0.25) is 0 Å². The summed E-state index contributed by atoms with van der Waals surface area (Å²) >= 11 is 0. The Morgan fingerprint density at radius 1 is 1.40 bits per heavy atom. The fourth-order valence-electron chi connectivity index (χ4n) is 2.09. The third-order valence-electron chi connectivity index (χ3n) is 3.49. The zero-order valence-corrected chi connectivity index (χ0v) is 12.0. The molecule has 0 aromatic heterocycles. The van der Waals surface area contributed by atoms with Crippen molar-refractivity contribution >= 4 is 11.7 Å². The monoisotopic (exact) mass is 278 g/mol. The van der Waals surface area contributed by atoms with E-state index in [0.717, 1.165) is 18.6 Å². The lowest BCUT2D eigenvalue weighted by atomic mass is 10.0. The van der Waals surface area contributed by atoms with Crippen LogP contribution in [0.25, 0.3) is 0 Å². The minimum absolute atomic E-state index is 0.264. The van der Waals surface area contributed by atoms with E-state index in [2.05, 4.69) is 10.6 Å². The molecule has 110 valence electrons. The van der Waals surface area contributed by atoms with Crippen molar-refractivity contribution in [2.75, 3.05) is 18.5 Å². The van der Waals surface area contributed by atoms with E-state index in [4.69, 9.17) is 4.74 Å². The molecule has 20 heavy (non-hydrogen) atoms. The Hall–Kier alpha value is -1.75. The van der Waals surface area contributed by atoms with Crippen LogP contribution >= 0.6 is 0 Å². The van der Waals surface area contributed by atoms with Crippen LogP contribution in [0.2, 0.25) is 0 Å². The number of hydrogen-bond acceptors (Lipinski definition) is 3. The summed E-state index contributed by atoms with van der Waals surface area (Å²) in [6, 6.07) is 6.86. The summed E-state index contributed by atoms with van der Waals surface area (Å²) in [5, 5.41) is 15.5. The van der Waals surface area contributed by atoms with Crippen molar-refractivity contribution < 1.29 is 14.6 Å². The van der Waals surface area contributed by atoms with Gasteiger partial charge in [-0.05, 0) is 56.9 Å². The highest BCUT2D eigenvalue weighted by molar-refractivity contribution is 5.89. The molecule has 1 fully saturated rings. The fourth-order valence-corrected chi connectivity index (χ4v) is 2.09. The molecule has 5 nitrogen and oxygen atoms in total. The molecule has 5 heteroatoms. The van der Waals surface area contributed by atoms with Gasteiger partial charge in [0.15, 0.2) is 0 Å². The second kappa shape index (κ2) is 6.13. The Morgan fingerprint density at radius 2 is 2.05 bits per heavy atom. The smallest absolute Gasteiger partial charge is 0.319 e. The van der Waals surface area contributed by atoms with Crippen molar-refractivity contribution in [3.05, 3.63) is 24.3 Å². The molecule has 1 aromatic rings. The molecule has 0 bridgehead atoms. The largest absolute Gasteiger partial charge is 0.494 e. The van der Waals surface area contributed by atoms with Gasteiger partial charge < -0.3 is 20.5 Å². The second-order valence-electron chi connectivity index (χ2n) is 5.40. The van der Waals surface area contributed by atoms with Gasteiger partial charge in [-0.2, -0.15) is 0 Å². The van der Waals surface area contributed by atoms with Crippen LogP contribution in [0.1, 0.15) is 26.7 Å². The van der Waals surface area contributed by atoms with Crippen molar-refractivity contribution in [1.82, 2.24) is 5.32 Å². The Bertz CT molecular complexity index is 453. The Balaban J connectivity index is 1.78. The molecule has 1 aromatic carbocycles. The highest BCUT2D eigenvalue weighted by Crippen LogP contribution is 2.38. The molecule has 1 aliphatic rings. The third kappa shape index (κ3) is 4.13. The summed E-state index contributed by atoms with van der Waals surface area (Å²) in [5.74, 6) is 1.09. The van der Waals surface area contributed by atoms with E-state index in [1.165, 1.54) is 0 Å². The summed E-state index contributed by atoms with van der Waals surface area (Å²) < 4.78 is 5.33. The van der Waals surface area contributed by atoms with Gasteiger partial charge in [0, 0.05) is 12.2 Å². The first kappa shape index (κ1) is 14.7. The van der Waals surface area contributed by atoms with Crippen LogP contribution in [0.5, 0.6) is 5.75 Å². The molecule has 0 aliphatic heterocycles. The first-order valence-electron chi connectivity index (χ1n) is 7.01. The van der Waals surface area contributed by atoms with Crippen molar-refractivity contribution in [2.24, 2.45) is 5.92 Å². The number of hydrogen-bond donors (Lipinski definition) is 3. The topological polar surface area (TPSA) is 70.6 Å². The summed E-state index contributed by atoms with van der Waals surface area (Å²) in [6.07, 6.45) is 2.07. The molecule has 0 spiro atoms. The SMILES string of the molecule is CCOc1ccc(NC(=O)NC[C@@](C)(O)C2CC2)cc1. The number of amides is 2. The van der Waals surface area contributed by atoms with E-state index in [-0.39, 0.29) is 12.6 Å². The summed E-state index contributed by atoms with van der Waals surface area (Å²) in [4.78, 5) is 11.7. The molecule has 1 atom stereocenters. The maximum atomic E-state index is 11.7. The number of carbonyl (C=O) groups excluding carboxylic acids is 1. The van der Waals surface area contributed by atoms with Crippen LogP contribution in [0, 0.1) is 5.92 Å². The number of carbonyl (C=O) groups is 1. The van der Waals surface area contributed by atoms with E-state index in [1.54, 1.807) is 31.2 Å².